The van der Waals surface area contributed by atoms with E-state index in [9.17, 15) is 9.18 Å². The molecule has 2 rings (SSSR count). The van der Waals surface area contributed by atoms with Gasteiger partial charge >= 0.3 is 0 Å². The first-order valence-electron chi connectivity index (χ1n) is 4.78. The third-order valence-electron chi connectivity index (χ3n) is 2.94. The van der Waals surface area contributed by atoms with Crippen LogP contribution in [0.5, 0.6) is 0 Å². The van der Waals surface area contributed by atoms with Gasteiger partial charge < -0.3 is 5.73 Å². The Labute approximate surface area is 92.2 Å². The lowest BCUT2D eigenvalue weighted by Crippen LogP contribution is -2.26. The van der Waals surface area contributed by atoms with E-state index in [4.69, 9.17) is 17.3 Å². The molecule has 0 aliphatic heterocycles. The molecule has 80 valence electrons. The Morgan fingerprint density at radius 2 is 2.20 bits per heavy atom. The number of carbonyl (C=O) groups excluding carboxylic acids is 1. The van der Waals surface area contributed by atoms with E-state index in [1.165, 1.54) is 6.07 Å². The van der Waals surface area contributed by atoms with Crippen molar-refractivity contribution in [2.75, 3.05) is 0 Å². The number of rotatable bonds is 3. The molecule has 1 fully saturated rings. The van der Waals surface area contributed by atoms with Crippen LogP contribution in [0.2, 0.25) is 5.02 Å². The zero-order valence-corrected chi connectivity index (χ0v) is 8.85. The molecule has 15 heavy (non-hydrogen) atoms. The van der Waals surface area contributed by atoms with Crippen LogP contribution in [0.4, 0.5) is 4.39 Å². The molecule has 0 aromatic heterocycles. The van der Waals surface area contributed by atoms with Gasteiger partial charge in [-0.05, 0) is 30.9 Å². The van der Waals surface area contributed by atoms with Crippen LogP contribution < -0.4 is 5.73 Å². The summed E-state index contributed by atoms with van der Waals surface area (Å²) in [6, 6.07) is 4.81. The monoisotopic (exact) mass is 227 g/mol. The van der Waals surface area contributed by atoms with E-state index in [2.05, 4.69) is 0 Å². The van der Waals surface area contributed by atoms with Crippen molar-refractivity contribution in [3.63, 3.8) is 0 Å². The van der Waals surface area contributed by atoms with Crippen molar-refractivity contribution in [3.05, 3.63) is 34.6 Å². The van der Waals surface area contributed by atoms with Gasteiger partial charge in [0.05, 0.1) is 10.4 Å². The van der Waals surface area contributed by atoms with Crippen molar-refractivity contribution in [1.29, 1.82) is 0 Å². The van der Waals surface area contributed by atoms with Crippen LogP contribution in [-0.2, 0) is 11.2 Å². The average molecular weight is 228 g/mol. The van der Waals surface area contributed by atoms with Gasteiger partial charge in [0.15, 0.2) is 0 Å². The van der Waals surface area contributed by atoms with Crippen LogP contribution in [0.15, 0.2) is 18.2 Å². The molecule has 0 heterocycles. The summed E-state index contributed by atoms with van der Waals surface area (Å²) in [5.41, 5.74) is 5.22. The Hall–Kier alpha value is -1.09. The van der Waals surface area contributed by atoms with Crippen molar-refractivity contribution in [2.24, 2.45) is 11.1 Å². The van der Waals surface area contributed by atoms with E-state index < -0.39 is 11.2 Å². The van der Waals surface area contributed by atoms with Gasteiger partial charge in [0.25, 0.3) is 0 Å². The minimum Gasteiger partial charge on any atom is -0.369 e. The van der Waals surface area contributed by atoms with E-state index in [-0.39, 0.29) is 10.9 Å². The van der Waals surface area contributed by atoms with Crippen LogP contribution in [0.25, 0.3) is 0 Å². The van der Waals surface area contributed by atoms with E-state index >= 15 is 0 Å². The molecule has 2 N–H and O–H groups in total. The molecule has 0 saturated heterocycles. The summed E-state index contributed by atoms with van der Waals surface area (Å²) >= 11 is 5.65. The molecule has 4 heteroatoms. The van der Waals surface area contributed by atoms with Crippen molar-refractivity contribution >= 4 is 17.5 Å². The summed E-state index contributed by atoms with van der Waals surface area (Å²) in [5, 5.41) is 0.0905. The van der Waals surface area contributed by atoms with Crippen LogP contribution >= 0.6 is 11.6 Å². The maximum Gasteiger partial charge on any atom is 0.223 e. The number of halogens is 2. The lowest BCUT2D eigenvalue weighted by Gasteiger charge is -2.11. The fraction of sp³-hybridized carbons (Fsp3) is 0.364. The topological polar surface area (TPSA) is 43.1 Å². The van der Waals surface area contributed by atoms with Crippen LogP contribution in [0.1, 0.15) is 18.4 Å². The van der Waals surface area contributed by atoms with Gasteiger partial charge in [-0.1, -0.05) is 23.7 Å². The molecule has 1 amide bonds. The van der Waals surface area contributed by atoms with E-state index in [0.717, 1.165) is 12.8 Å². The molecule has 1 saturated carbocycles. The number of hydrogen-bond donors (Lipinski definition) is 1. The van der Waals surface area contributed by atoms with Crippen molar-refractivity contribution in [3.8, 4) is 0 Å². The van der Waals surface area contributed by atoms with Gasteiger partial charge in [0, 0.05) is 0 Å². The first kappa shape index (κ1) is 10.4. The Morgan fingerprint density at radius 3 is 2.73 bits per heavy atom. The van der Waals surface area contributed by atoms with Crippen LogP contribution in [0.3, 0.4) is 0 Å². The minimum atomic E-state index is -0.522. The third kappa shape index (κ3) is 1.84. The summed E-state index contributed by atoms with van der Waals surface area (Å²) < 4.78 is 13.5. The fourth-order valence-electron chi connectivity index (χ4n) is 1.71. The molecule has 0 spiro atoms. The van der Waals surface area contributed by atoms with E-state index in [1.54, 1.807) is 12.1 Å². The van der Waals surface area contributed by atoms with Gasteiger partial charge in [-0.15, -0.1) is 0 Å². The molecule has 0 radical (unpaired) electrons. The Kier molecular flexibility index (Phi) is 2.43. The lowest BCUT2D eigenvalue weighted by atomic mass is 9.95. The average Bonchev–Trinajstić information content (AvgIpc) is 2.94. The zero-order chi connectivity index (χ0) is 11.1. The quantitative estimate of drug-likeness (QED) is 0.846. The zero-order valence-electron chi connectivity index (χ0n) is 8.09. The summed E-state index contributed by atoms with van der Waals surface area (Å²) in [6.07, 6.45) is 1.84. The van der Waals surface area contributed by atoms with Gasteiger partial charge in [-0.3, -0.25) is 4.79 Å². The Morgan fingerprint density at radius 1 is 1.53 bits per heavy atom. The summed E-state index contributed by atoms with van der Waals surface area (Å²) in [6.45, 7) is 0. The van der Waals surface area contributed by atoms with Crippen LogP contribution in [0, 0.1) is 11.2 Å². The van der Waals surface area contributed by atoms with Crippen molar-refractivity contribution in [1.82, 2.24) is 0 Å². The maximum absolute atomic E-state index is 13.5. The standard InChI is InChI=1S/C11H11ClFNO/c12-8-3-1-2-7(9(8)13)6-11(4-5-11)10(14)15/h1-3H,4-6H2,(H2,14,15). The second-order valence-corrected chi connectivity index (χ2v) is 4.44. The first-order chi connectivity index (χ1) is 7.05. The SMILES string of the molecule is NC(=O)C1(Cc2cccc(Cl)c2F)CC1. The second kappa shape index (κ2) is 3.49. The van der Waals surface area contributed by atoms with E-state index in [0.29, 0.717) is 12.0 Å². The Balaban J connectivity index is 2.25. The number of amides is 1. The van der Waals surface area contributed by atoms with Crippen LogP contribution in [-0.4, -0.2) is 5.91 Å². The molecule has 1 aliphatic rings. The number of carbonyl (C=O) groups is 1. The number of benzene rings is 1. The highest BCUT2D eigenvalue weighted by atomic mass is 35.5. The normalized spacial score (nSPS) is 17.5. The predicted molar refractivity (Wildman–Crippen MR) is 56.0 cm³/mol. The molecule has 0 unspecified atom stereocenters. The third-order valence-corrected chi connectivity index (χ3v) is 3.23. The highest BCUT2D eigenvalue weighted by Crippen LogP contribution is 2.48. The largest absolute Gasteiger partial charge is 0.369 e. The number of primary amides is 1. The smallest absolute Gasteiger partial charge is 0.223 e. The van der Waals surface area contributed by atoms with Gasteiger partial charge in [-0.25, -0.2) is 4.39 Å². The summed E-state index contributed by atoms with van der Waals surface area (Å²) in [4.78, 5) is 11.2. The molecule has 1 aliphatic carbocycles. The molecule has 2 nitrogen and oxygen atoms in total. The number of nitrogens with two attached hydrogens (primary N) is 1. The van der Waals surface area contributed by atoms with Crippen molar-refractivity contribution in [2.45, 2.75) is 19.3 Å². The Bertz CT molecular complexity index is 415. The molecule has 1 aromatic carbocycles. The fourth-order valence-corrected chi connectivity index (χ4v) is 1.90. The van der Waals surface area contributed by atoms with E-state index in [1.807, 2.05) is 0 Å². The summed E-state index contributed by atoms with van der Waals surface area (Å²) in [5.74, 6) is -0.784. The molecular weight excluding hydrogens is 217 g/mol. The number of hydrogen-bond acceptors (Lipinski definition) is 1. The van der Waals surface area contributed by atoms with Gasteiger partial charge in [0.2, 0.25) is 5.91 Å². The van der Waals surface area contributed by atoms with Gasteiger partial charge in [-0.2, -0.15) is 0 Å². The second-order valence-electron chi connectivity index (χ2n) is 4.03. The lowest BCUT2D eigenvalue weighted by molar-refractivity contribution is -0.123. The molecule has 1 aromatic rings. The molecular formula is C11H11ClFNO. The van der Waals surface area contributed by atoms with Gasteiger partial charge in [0.1, 0.15) is 5.82 Å². The predicted octanol–water partition coefficient (Wildman–Crippen LogP) is 2.29. The molecule has 0 bridgehead atoms. The summed E-state index contributed by atoms with van der Waals surface area (Å²) in [7, 11) is 0. The first-order valence-corrected chi connectivity index (χ1v) is 5.16. The highest BCUT2D eigenvalue weighted by molar-refractivity contribution is 6.30. The highest BCUT2D eigenvalue weighted by Gasteiger charge is 2.48. The van der Waals surface area contributed by atoms with Crippen molar-refractivity contribution < 1.29 is 9.18 Å². The maximum atomic E-state index is 13.5. The minimum absolute atomic E-state index is 0.0905. The molecule has 0 atom stereocenters.